The maximum atomic E-state index is 12.7. The molecule has 3 rings (SSSR count). The van der Waals surface area contributed by atoms with Crippen LogP contribution in [0.1, 0.15) is 33.8 Å². The Kier molecular flexibility index (Phi) is 4.85. The second kappa shape index (κ2) is 7.09. The molecule has 0 aliphatic rings. The largest absolute Gasteiger partial charge is 0.365 e. The van der Waals surface area contributed by atoms with Crippen molar-refractivity contribution >= 4 is 33.4 Å². The molecule has 1 aromatic carbocycles. The lowest BCUT2D eigenvalue weighted by Gasteiger charge is -2.14. The van der Waals surface area contributed by atoms with Gasteiger partial charge in [-0.15, -0.1) is 11.3 Å². The number of thiophene rings is 1. The summed E-state index contributed by atoms with van der Waals surface area (Å²) in [7, 11) is 0. The minimum atomic E-state index is -0.592. The Labute approximate surface area is 153 Å². The highest BCUT2D eigenvalue weighted by molar-refractivity contribution is 7.20. The molecule has 0 spiro atoms. The van der Waals surface area contributed by atoms with Gasteiger partial charge in [0.05, 0.1) is 22.6 Å². The van der Waals surface area contributed by atoms with Crippen molar-refractivity contribution in [2.24, 2.45) is 5.73 Å². The fraction of sp³-hybridized carbons (Fsp3) is 0.222. The first-order chi connectivity index (χ1) is 12.4. The van der Waals surface area contributed by atoms with E-state index in [1.807, 2.05) is 37.3 Å². The fourth-order valence-electron chi connectivity index (χ4n) is 2.77. The number of amides is 2. The Bertz CT molecular complexity index is 1040. The predicted molar refractivity (Wildman–Crippen MR) is 100 cm³/mol. The molecule has 0 bridgehead atoms. The number of aryl methyl sites for hydroxylation is 1. The van der Waals surface area contributed by atoms with Gasteiger partial charge in [0, 0.05) is 0 Å². The molecule has 26 heavy (non-hydrogen) atoms. The summed E-state index contributed by atoms with van der Waals surface area (Å²) in [6.45, 7) is 3.38. The Hall–Kier alpha value is -3.00. The Morgan fingerprint density at radius 3 is 2.65 bits per heavy atom. The van der Waals surface area contributed by atoms with Crippen molar-refractivity contribution in [2.75, 3.05) is 0 Å². The van der Waals surface area contributed by atoms with E-state index in [2.05, 4.69) is 10.3 Å². The van der Waals surface area contributed by atoms with E-state index >= 15 is 0 Å². The lowest BCUT2D eigenvalue weighted by molar-refractivity contribution is -0.122. The number of carbonyl (C=O) groups excluding carboxylic acids is 2. The number of nitrogens with two attached hydrogens (primary N) is 1. The monoisotopic (exact) mass is 370 g/mol. The van der Waals surface area contributed by atoms with E-state index in [9.17, 15) is 14.4 Å². The lowest BCUT2D eigenvalue weighted by Crippen LogP contribution is -2.34. The minimum absolute atomic E-state index is 0.153. The van der Waals surface area contributed by atoms with Gasteiger partial charge in [0.15, 0.2) is 0 Å². The van der Waals surface area contributed by atoms with Crippen LogP contribution < -0.4 is 16.6 Å². The summed E-state index contributed by atoms with van der Waals surface area (Å²) in [6.07, 6.45) is 1.32. The molecule has 0 saturated carbocycles. The van der Waals surface area contributed by atoms with E-state index in [0.717, 1.165) is 16.9 Å². The molecule has 3 N–H and O–H groups in total. The van der Waals surface area contributed by atoms with Gasteiger partial charge < -0.3 is 11.1 Å². The summed E-state index contributed by atoms with van der Waals surface area (Å²) in [5, 5.41) is 3.19. The summed E-state index contributed by atoms with van der Waals surface area (Å²) in [4.78, 5) is 41.4. The van der Waals surface area contributed by atoms with Crippen molar-refractivity contribution in [2.45, 2.75) is 26.4 Å². The standard InChI is InChI=1S/C18H18N4O3S/c1-10-14-17(26-15(10)16(19)24)20-9-22(18(14)25)8-13(23)21-11(2)12-6-4-3-5-7-12/h3-7,9,11H,8H2,1-2H3,(H2,19,24)(H,21,23). The van der Waals surface area contributed by atoms with Crippen LogP contribution >= 0.6 is 11.3 Å². The van der Waals surface area contributed by atoms with Gasteiger partial charge in [-0.05, 0) is 25.0 Å². The smallest absolute Gasteiger partial charge is 0.262 e. The van der Waals surface area contributed by atoms with E-state index in [1.54, 1.807) is 6.92 Å². The van der Waals surface area contributed by atoms with Crippen LogP contribution in [0.5, 0.6) is 0 Å². The first-order valence-corrected chi connectivity index (χ1v) is 8.82. The maximum Gasteiger partial charge on any atom is 0.262 e. The molecule has 1 unspecified atom stereocenters. The predicted octanol–water partition coefficient (Wildman–Crippen LogP) is 1.74. The fourth-order valence-corrected chi connectivity index (χ4v) is 3.77. The quantitative estimate of drug-likeness (QED) is 0.713. The van der Waals surface area contributed by atoms with Crippen LogP contribution in [-0.2, 0) is 11.3 Å². The SMILES string of the molecule is Cc1c(C(N)=O)sc2ncn(CC(=O)NC(C)c3ccccc3)c(=O)c12. The zero-order valence-electron chi connectivity index (χ0n) is 14.4. The molecular formula is C18H18N4O3S. The number of nitrogens with one attached hydrogen (secondary N) is 1. The van der Waals surface area contributed by atoms with Gasteiger partial charge in [-0.25, -0.2) is 4.98 Å². The molecule has 134 valence electrons. The minimum Gasteiger partial charge on any atom is -0.365 e. The summed E-state index contributed by atoms with van der Waals surface area (Å²) in [6, 6.07) is 9.37. The van der Waals surface area contributed by atoms with Crippen LogP contribution in [0.3, 0.4) is 0 Å². The van der Waals surface area contributed by atoms with Gasteiger partial charge in [0.25, 0.3) is 11.5 Å². The maximum absolute atomic E-state index is 12.7. The van der Waals surface area contributed by atoms with Gasteiger partial charge in [-0.2, -0.15) is 0 Å². The van der Waals surface area contributed by atoms with Gasteiger partial charge >= 0.3 is 0 Å². The molecule has 2 amide bonds. The van der Waals surface area contributed by atoms with E-state index in [-0.39, 0.29) is 24.1 Å². The third-order valence-electron chi connectivity index (χ3n) is 4.13. The highest BCUT2D eigenvalue weighted by Gasteiger charge is 2.18. The highest BCUT2D eigenvalue weighted by atomic mass is 32.1. The first kappa shape index (κ1) is 17.8. The van der Waals surface area contributed by atoms with Gasteiger partial charge in [-0.1, -0.05) is 30.3 Å². The van der Waals surface area contributed by atoms with Crippen molar-refractivity contribution in [1.82, 2.24) is 14.9 Å². The number of primary amides is 1. The highest BCUT2D eigenvalue weighted by Crippen LogP contribution is 2.26. The Balaban J connectivity index is 1.84. The number of benzene rings is 1. The molecule has 1 atom stereocenters. The van der Waals surface area contributed by atoms with Crippen LogP contribution in [0.25, 0.3) is 10.2 Å². The number of hydrogen-bond acceptors (Lipinski definition) is 5. The van der Waals surface area contributed by atoms with Crippen molar-refractivity contribution in [3.05, 3.63) is 63.0 Å². The third kappa shape index (κ3) is 3.36. The second-order valence-corrected chi connectivity index (χ2v) is 6.98. The van der Waals surface area contributed by atoms with Gasteiger partial charge in [0.1, 0.15) is 11.4 Å². The van der Waals surface area contributed by atoms with Crippen molar-refractivity contribution in [1.29, 1.82) is 0 Å². The molecule has 2 aromatic heterocycles. The molecular weight excluding hydrogens is 352 g/mol. The molecule has 0 fully saturated rings. The van der Waals surface area contributed by atoms with Crippen LogP contribution in [-0.4, -0.2) is 21.4 Å². The normalized spacial score (nSPS) is 12.1. The number of nitrogens with zero attached hydrogens (tertiary/aromatic N) is 2. The molecule has 0 radical (unpaired) electrons. The van der Waals surface area contributed by atoms with Crippen LogP contribution in [0, 0.1) is 6.92 Å². The van der Waals surface area contributed by atoms with Crippen molar-refractivity contribution < 1.29 is 9.59 Å². The first-order valence-electron chi connectivity index (χ1n) is 8.01. The van der Waals surface area contributed by atoms with Crippen LogP contribution in [0.2, 0.25) is 0 Å². The molecule has 0 aliphatic heterocycles. The average molecular weight is 370 g/mol. The van der Waals surface area contributed by atoms with Gasteiger partial charge in [0.2, 0.25) is 5.91 Å². The number of hydrogen-bond donors (Lipinski definition) is 2. The molecule has 7 nitrogen and oxygen atoms in total. The molecule has 8 heteroatoms. The van der Waals surface area contributed by atoms with Crippen molar-refractivity contribution in [3.63, 3.8) is 0 Å². The van der Waals surface area contributed by atoms with E-state index in [0.29, 0.717) is 20.7 Å². The number of fused-ring (bicyclic) bond motifs is 1. The zero-order valence-corrected chi connectivity index (χ0v) is 15.2. The third-order valence-corrected chi connectivity index (χ3v) is 5.35. The zero-order chi connectivity index (χ0) is 18.8. The Morgan fingerprint density at radius 2 is 2.00 bits per heavy atom. The second-order valence-electron chi connectivity index (χ2n) is 5.98. The van der Waals surface area contributed by atoms with E-state index in [4.69, 9.17) is 5.73 Å². The number of rotatable bonds is 5. The lowest BCUT2D eigenvalue weighted by atomic mass is 10.1. The summed E-state index contributed by atoms with van der Waals surface area (Å²) < 4.78 is 1.24. The van der Waals surface area contributed by atoms with E-state index in [1.165, 1.54) is 10.9 Å². The number of carbonyl (C=O) groups is 2. The molecule has 0 aliphatic carbocycles. The molecule has 0 saturated heterocycles. The van der Waals surface area contributed by atoms with Crippen molar-refractivity contribution in [3.8, 4) is 0 Å². The van der Waals surface area contributed by atoms with Crippen LogP contribution in [0.4, 0.5) is 0 Å². The summed E-state index contributed by atoms with van der Waals surface area (Å²) in [5.74, 6) is -0.890. The number of aromatic nitrogens is 2. The Morgan fingerprint density at radius 1 is 1.31 bits per heavy atom. The topological polar surface area (TPSA) is 107 Å². The van der Waals surface area contributed by atoms with E-state index < -0.39 is 5.91 Å². The summed E-state index contributed by atoms with van der Waals surface area (Å²) >= 11 is 1.08. The molecule has 3 aromatic rings. The van der Waals surface area contributed by atoms with Gasteiger partial charge in [-0.3, -0.25) is 19.0 Å². The van der Waals surface area contributed by atoms with Crippen LogP contribution in [0.15, 0.2) is 41.5 Å². The average Bonchev–Trinajstić information content (AvgIpc) is 2.96. The summed E-state index contributed by atoms with van der Waals surface area (Å²) in [5.41, 5.74) is 6.44. The molecule has 2 heterocycles.